The van der Waals surface area contributed by atoms with Crippen molar-refractivity contribution in [3.63, 3.8) is 0 Å². The zero-order chi connectivity index (χ0) is 20.3. The lowest BCUT2D eigenvalue weighted by Crippen LogP contribution is -2.52. The third-order valence-electron chi connectivity index (χ3n) is 5.02. The van der Waals surface area contributed by atoms with E-state index in [4.69, 9.17) is 4.74 Å². The Bertz CT molecular complexity index is 941. The van der Waals surface area contributed by atoms with E-state index in [1.807, 2.05) is 31.2 Å². The van der Waals surface area contributed by atoms with Gasteiger partial charge in [-0.25, -0.2) is 8.42 Å². The van der Waals surface area contributed by atoms with Crippen LogP contribution in [0.2, 0.25) is 0 Å². The number of methoxy groups -OCH3 is 1. The molecule has 150 valence electrons. The van der Waals surface area contributed by atoms with Crippen molar-refractivity contribution in [1.82, 2.24) is 0 Å². The lowest BCUT2D eigenvalue weighted by Gasteiger charge is -2.36. The molecule has 0 bridgehead atoms. The molecule has 1 atom stereocenters. The molecule has 0 unspecified atom stereocenters. The molecule has 0 aliphatic carbocycles. The number of para-hydroxylation sites is 1. The molecule has 0 saturated heterocycles. The van der Waals surface area contributed by atoms with Gasteiger partial charge >= 0.3 is 0 Å². The molecule has 1 aliphatic rings. The van der Waals surface area contributed by atoms with Gasteiger partial charge in [0, 0.05) is 12.2 Å². The van der Waals surface area contributed by atoms with Gasteiger partial charge in [0.2, 0.25) is 10.0 Å². The van der Waals surface area contributed by atoms with Gasteiger partial charge in [0.05, 0.1) is 19.1 Å². The fourth-order valence-corrected chi connectivity index (χ4v) is 4.92. The lowest BCUT2D eigenvalue weighted by molar-refractivity contribution is -0.119. The Morgan fingerprint density at radius 3 is 2.46 bits per heavy atom. The van der Waals surface area contributed by atoms with Gasteiger partial charge < -0.3 is 9.64 Å². The van der Waals surface area contributed by atoms with E-state index in [1.165, 1.54) is 4.31 Å². The van der Waals surface area contributed by atoms with Gasteiger partial charge in [-0.1, -0.05) is 25.1 Å². The summed E-state index contributed by atoms with van der Waals surface area (Å²) < 4.78 is 31.7. The van der Waals surface area contributed by atoms with Crippen molar-refractivity contribution >= 4 is 27.3 Å². The second-order valence-electron chi connectivity index (χ2n) is 6.90. The summed E-state index contributed by atoms with van der Waals surface area (Å²) in [6.45, 7) is 2.42. The van der Waals surface area contributed by atoms with Crippen molar-refractivity contribution in [1.29, 1.82) is 0 Å². The number of carbonyl (C=O) groups excluding carboxylic acids is 1. The predicted molar refractivity (Wildman–Crippen MR) is 112 cm³/mol. The van der Waals surface area contributed by atoms with Crippen molar-refractivity contribution in [2.45, 2.75) is 32.2 Å². The smallest absolute Gasteiger partial charge is 0.250 e. The van der Waals surface area contributed by atoms with Crippen LogP contribution < -0.4 is 13.9 Å². The summed E-state index contributed by atoms with van der Waals surface area (Å²) in [4.78, 5) is 15.2. The van der Waals surface area contributed by atoms with Crippen LogP contribution in [0.15, 0.2) is 48.5 Å². The molecular weight excluding hydrogens is 376 g/mol. The molecule has 0 aromatic heterocycles. The highest BCUT2D eigenvalue weighted by Gasteiger charge is 2.36. The van der Waals surface area contributed by atoms with Crippen molar-refractivity contribution in [2.24, 2.45) is 0 Å². The third-order valence-corrected chi connectivity index (χ3v) is 6.20. The highest BCUT2D eigenvalue weighted by molar-refractivity contribution is 7.92. The summed E-state index contributed by atoms with van der Waals surface area (Å²) in [5.74, 6) is 0.428. The zero-order valence-corrected chi connectivity index (χ0v) is 17.3. The Kier molecular flexibility index (Phi) is 5.93. The summed E-state index contributed by atoms with van der Waals surface area (Å²) >= 11 is 0. The first-order valence-electron chi connectivity index (χ1n) is 9.39. The SMILES string of the molecule is CC[C@H](C(=O)N1CCCc2ccccc21)N(c1ccc(OC)cc1)S(C)(=O)=O. The topological polar surface area (TPSA) is 66.9 Å². The molecule has 1 aliphatic heterocycles. The number of carbonyl (C=O) groups is 1. The fourth-order valence-electron chi connectivity index (χ4n) is 3.71. The number of amides is 1. The van der Waals surface area contributed by atoms with Crippen LogP contribution in [0.4, 0.5) is 11.4 Å². The van der Waals surface area contributed by atoms with E-state index >= 15 is 0 Å². The fraction of sp³-hybridized carbons (Fsp3) is 0.381. The van der Waals surface area contributed by atoms with E-state index in [1.54, 1.807) is 36.3 Å². The van der Waals surface area contributed by atoms with E-state index in [0.717, 1.165) is 30.3 Å². The minimum Gasteiger partial charge on any atom is -0.497 e. The number of benzene rings is 2. The number of anilines is 2. The second kappa shape index (κ2) is 8.22. The summed E-state index contributed by atoms with van der Waals surface area (Å²) in [6.07, 6.45) is 3.29. The first kappa shape index (κ1) is 20.2. The van der Waals surface area contributed by atoms with Gasteiger partial charge in [0.1, 0.15) is 11.8 Å². The van der Waals surface area contributed by atoms with Crippen LogP contribution in [0.1, 0.15) is 25.3 Å². The quantitative estimate of drug-likeness (QED) is 0.744. The maximum atomic E-state index is 13.5. The van der Waals surface area contributed by atoms with E-state index in [-0.39, 0.29) is 5.91 Å². The van der Waals surface area contributed by atoms with E-state index in [9.17, 15) is 13.2 Å². The second-order valence-corrected chi connectivity index (χ2v) is 8.76. The van der Waals surface area contributed by atoms with Gasteiger partial charge in [0.15, 0.2) is 0 Å². The molecular formula is C21H26N2O4S. The maximum Gasteiger partial charge on any atom is 0.250 e. The third kappa shape index (κ3) is 3.99. The number of nitrogens with zero attached hydrogens (tertiary/aromatic N) is 2. The largest absolute Gasteiger partial charge is 0.497 e. The first-order chi connectivity index (χ1) is 13.4. The summed E-state index contributed by atoms with van der Waals surface area (Å²) in [5.41, 5.74) is 2.45. The van der Waals surface area contributed by atoms with Crippen LogP contribution in [0.3, 0.4) is 0 Å². The van der Waals surface area contributed by atoms with Crippen LogP contribution in [-0.4, -0.2) is 40.3 Å². The minimum atomic E-state index is -3.66. The Morgan fingerprint density at radius 1 is 1.18 bits per heavy atom. The number of aryl methyl sites for hydroxylation is 1. The number of fused-ring (bicyclic) bond motifs is 1. The van der Waals surface area contributed by atoms with Crippen molar-refractivity contribution in [3.05, 3.63) is 54.1 Å². The summed E-state index contributed by atoms with van der Waals surface area (Å²) in [7, 11) is -2.11. The Hall–Kier alpha value is -2.54. The molecule has 2 aromatic carbocycles. The molecule has 1 heterocycles. The average molecular weight is 403 g/mol. The molecule has 0 spiro atoms. The van der Waals surface area contributed by atoms with E-state index in [2.05, 4.69) is 0 Å². The molecule has 3 rings (SSSR count). The highest BCUT2D eigenvalue weighted by atomic mass is 32.2. The number of ether oxygens (including phenoxy) is 1. The van der Waals surface area contributed by atoms with Gasteiger partial charge in [-0.3, -0.25) is 9.10 Å². The Morgan fingerprint density at radius 2 is 1.86 bits per heavy atom. The van der Waals surface area contributed by atoms with E-state index in [0.29, 0.717) is 24.4 Å². The molecule has 1 amide bonds. The first-order valence-corrected chi connectivity index (χ1v) is 11.2. The maximum absolute atomic E-state index is 13.5. The Balaban J connectivity index is 2.00. The molecule has 0 radical (unpaired) electrons. The van der Waals surface area contributed by atoms with Crippen LogP contribution >= 0.6 is 0 Å². The monoisotopic (exact) mass is 402 g/mol. The number of hydrogen-bond acceptors (Lipinski definition) is 4. The highest BCUT2D eigenvalue weighted by Crippen LogP contribution is 2.31. The van der Waals surface area contributed by atoms with Crippen LogP contribution in [-0.2, 0) is 21.2 Å². The molecule has 0 saturated carbocycles. The molecule has 7 heteroatoms. The number of sulfonamides is 1. The average Bonchev–Trinajstić information content (AvgIpc) is 2.70. The van der Waals surface area contributed by atoms with Gasteiger partial charge in [-0.15, -0.1) is 0 Å². The van der Waals surface area contributed by atoms with Gasteiger partial charge in [-0.2, -0.15) is 0 Å². The van der Waals surface area contributed by atoms with Crippen molar-refractivity contribution in [3.8, 4) is 5.75 Å². The van der Waals surface area contributed by atoms with Crippen LogP contribution in [0.5, 0.6) is 5.75 Å². The molecule has 2 aromatic rings. The van der Waals surface area contributed by atoms with Crippen LogP contribution in [0, 0.1) is 0 Å². The van der Waals surface area contributed by atoms with Crippen molar-refractivity contribution < 1.29 is 17.9 Å². The molecule has 0 N–H and O–H groups in total. The van der Waals surface area contributed by atoms with Gasteiger partial charge in [-0.05, 0) is 55.2 Å². The van der Waals surface area contributed by atoms with Gasteiger partial charge in [0.25, 0.3) is 5.91 Å². The molecule has 0 fully saturated rings. The summed E-state index contributed by atoms with van der Waals surface area (Å²) in [6, 6.07) is 13.7. The van der Waals surface area contributed by atoms with Crippen molar-refractivity contribution in [2.75, 3.05) is 29.1 Å². The van der Waals surface area contributed by atoms with E-state index < -0.39 is 16.1 Å². The number of rotatable bonds is 6. The zero-order valence-electron chi connectivity index (χ0n) is 16.5. The molecule has 28 heavy (non-hydrogen) atoms. The summed E-state index contributed by atoms with van der Waals surface area (Å²) in [5, 5.41) is 0. The Labute approximate surface area is 166 Å². The normalized spacial score (nSPS) is 14.9. The molecule has 6 nitrogen and oxygen atoms in total. The lowest BCUT2D eigenvalue weighted by atomic mass is 10.0. The minimum absolute atomic E-state index is 0.198. The number of hydrogen-bond donors (Lipinski definition) is 0. The standard InChI is InChI=1S/C21H26N2O4S/c1-4-19(21(24)22-15-7-9-16-8-5-6-10-20(16)22)23(28(3,25)26)17-11-13-18(27-2)14-12-17/h5-6,8,10-14,19H,4,7,9,15H2,1-3H3/t19-/m1/s1. The van der Waals surface area contributed by atoms with Crippen LogP contribution in [0.25, 0.3) is 0 Å². The predicted octanol–water partition coefficient (Wildman–Crippen LogP) is 3.22.